The zero-order valence-electron chi connectivity index (χ0n) is 14.7. The average molecular weight is 416 g/mol. The molecule has 8 heteroatoms. The fourth-order valence-corrected chi connectivity index (χ4v) is 3.90. The van der Waals surface area contributed by atoms with Crippen molar-refractivity contribution in [3.05, 3.63) is 70.0 Å². The molecular weight excluding hydrogens is 398 g/mol. The maximum absolute atomic E-state index is 13.4. The van der Waals surface area contributed by atoms with Gasteiger partial charge >= 0.3 is 12.1 Å². The number of alkyl halides is 3. The van der Waals surface area contributed by atoms with Gasteiger partial charge in [-0.3, -0.25) is 9.69 Å². The van der Waals surface area contributed by atoms with Crippen LogP contribution in [0.5, 0.6) is 0 Å². The van der Waals surface area contributed by atoms with Gasteiger partial charge in [-0.15, -0.1) is 0 Å². The molecule has 1 aliphatic heterocycles. The summed E-state index contributed by atoms with van der Waals surface area (Å²) in [6.45, 7) is 0.406. The molecule has 0 aliphatic carbocycles. The Kier molecular flexibility index (Phi) is 5.95. The van der Waals surface area contributed by atoms with Gasteiger partial charge < -0.3 is 5.11 Å². The number of nitrogens with zero attached hydrogens (tertiary/aromatic N) is 1. The van der Waals surface area contributed by atoms with E-state index in [9.17, 15) is 27.5 Å². The first-order valence-electron chi connectivity index (χ1n) is 8.79. The van der Waals surface area contributed by atoms with Crippen molar-refractivity contribution < 1.29 is 27.5 Å². The summed E-state index contributed by atoms with van der Waals surface area (Å²) in [5.41, 5.74) is -0.204. The quantitative estimate of drug-likeness (QED) is 0.668. The third kappa shape index (κ3) is 4.31. The lowest BCUT2D eigenvalue weighted by Crippen LogP contribution is -2.46. The van der Waals surface area contributed by atoms with Gasteiger partial charge in [-0.2, -0.15) is 13.2 Å². The highest BCUT2D eigenvalue weighted by atomic mass is 35.5. The maximum atomic E-state index is 13.4. The first-order chi connectivity index (χ1) is 13.2. The molecular formula is C20H18ClF4NO2. The van der Waals surface area contributed by atoms with Crippen LogP contribution in [0.15, 0.2) is 42.5 Å². The molecule has 3 nitrogen and oxygen atoms in total. The Hall–Kier alpha value is -2.12. The summed E-state index contributed by atoms with van der Waals surface area (Å²) >= 11 is 5.74. The molecule has 0 aromatic heterocycles. The predicted molar refractivity (Wildman–Crippen MR) is 96.7 cm³/mol. The fraction of sp³-hybridized carbons (Fsp3) is 0.350. The van der Waals surface area contributed by atoms with Crippen LogP contribution in [0.2, 0.25) is 5.02 Å². The van der Waals surface area contributed by atoms with Crippen molar-refractivity contribution in [3.63, 3.8) is 0 Å². The Labute approximate surface area is 164 Å². The summed E-state index contributed by atoms with van der Waals surface area (Å²) in [6.07, 6.45) is -2.81. The summed E-state index contributed by atoms with van der Waals surface area (Å²) in [7, 11) is 0. The number of carbonyl (C=O) groups is 1. The third-order valence-electron chi connectivity index (χ3n) is 4.96. The molecule has 2 aromatic carbocycles. The molecule has 3 rings (SSSR count). The zero-order chi connectivity index (χ0) is 20.5. The van der Waals surface area contributed by atoms with Gasteiger partial charge in [0.2, 0.25) is 0 Å². The zero-order valence-corrected chi connectivity index (χ0v) is 15.5. The lowest BCUT2D eigenvalue weighted by molar-refractivity contribution is -0.145. The summed E-state index contributed by atoms with van der Waals surface area (Å²) in [5.74, 6) is -1.51. The van der Waals surface area contributed by atoms with Crippen LogP contribution in [0, 0.1) is 5.82 Å². The van der Waals surface area contributed by atoms with Crippen molar-refractivity contribution in [3.8, 4) is 0 Å². The first kappa shape index (κ1) is 20.6. The van der Waals surface area contributed by atoms with E-state index in [0.717, 1.165) is 25.0 Å². The normalized spacial score (nSPS) is 19.4. The van der Waals surface area contributed by atoms with Crippen molar-refractivity contribution >= 4 is 17.6 Å². The van der Waals surface area contributed by atoms with Crippen LogP contribution in [0.1, 0.15) is 42.0 Å². The van der Waals surface area contributed by atoms with Gasteiger partial charge in [0, 0.05) is 0 Å². The predicted octanol–water partition coefficient (Wildman–Crippen LogP) is 5.53. The molecule has 1 aliphatic rings. The van der Waals surface area contributed by atoms with Crippen LogP contribution in [0.25, 0.3) is 0 Å². The van der Waals surface area contributed by atoms with Gasteiger partial charge in [0.15, 0.2) is 0 Å². The highest BCUT2D eigenvalue weighted by molar-refractivity contribution is 6.31. The Balaban J connectivity index is 2.14. The van der Waals surface area contributed by atoms with Crippen molar-refractivity contribution in [1.82, 2.24) is 4.90 Å². The van der Waals surface area contributed by atoms with E-state index in [1.54, 1.807) is 4.90 Å². The van der Waals surface area contributed by atoms with E-state index in [1.165, 1.54) is 30.3 Å². The molecule has 2 atom stereocenters. The SMILES string of the molecule is O=C(O)C1CCCCN1C(c1ccc(F)cc1)c1ccc(Cl)c(C(F)(F)F)c1. The minimum atomic E-state index is -4.64. The molecule has 150 valence electrons. The number of carboxylic acids is 1. The molecule has 0 spiro atoms. The van der Waals surface area contributed by atoms with Crippen LogP contribution >= 0.6 is 11.6 Å². The van der Waals surface area contributed by atoms with E-state index in [1.807, 2.05) is 0 Å². The minimum Gasteiger partial charge on any atom is -0.480 e. The van der Waals surface area contributed by atoms with Crippen LogP contribution < -0.4 is 0 Å². The standard InChI is InChI=1S/C20H18ClF4NO2/c21-16-9-6-13(11-15(16)20(23,24)25)18(12-4-7-14(22)8-5-12)26-10-2-1-3-17(26)19(27)28/h4-9,11,17-18H,1-3,10H2,(H,27,28). The second-order valence-electron chi connectivity index (χ2n) is 6.78. The molecule has 2 unspecified atom stereocenters. The average Bonchev–Trinajstić information content (AvgIpc) is 2.64. The molecule has 0 radical (unpaired) electrons. The van der Waals surface area contributed by atoms with Gasteiger partial charge in [0.25, 0.3) is 0 Å². The summed E-state index contributed by atoms with van der Waals surface area (Å²) in [4.78, 5) is 13.4. The molecule has 0 amide bonds. The highest BCUT2D eigenvalue weighted by Gasteiger charge is 2.38. The number of piperidine rings is 1. The molecule has 0 bridgehead atoms. The van der Waals surface area contributed by atoms with E-state index in [2.05, 4.69) is 0 Å². The number of hydrogen-bond acceptors (Lipinski definition) is 2. The lowest BCUT2D eigenvalue weighted by atomic mass is 9.91. The number of likely N-dealkylation sites (tertiary alicyclic amines) is 1. The van der Waals surface area contributed by atoms with Crippen molar-refractivity contribution in [1.29, 1.82) is 0 Å². The maximum Gasteiger partial charge on any atom is 0.417 e. The monoisotopic (exact) mass is 415 g/mol. The number of rotatable bonds is 4. The molecule has 1 fully saturated rings. The van der Waals surface area contributed by atoms with Gasteiger partial charge in [-0.25, -0.2) is 4.39 Å². The fourth-order valence-electron chi connectivity index (χ4n) is 3.68. The molecule has 1 heterocycles. The molecule has 1 saturated heterocycles. The summed E-state index contributed by atoms with van der Waals surface area (Å²) < 4.78 is 53.5. The second-order valence-corrected chi connectivity index (χ2v) is 7.19. The van der Waals surface area contributed by atoms with Gasteiger partial charge in [-0.1, -0.05) is 36.2 Å². The molecule has 2 aromatic rings. The van der Waals surface area contributed by atoms with Crippen LogP contribution in [0.4, 0.5) is 17.6 Å². The molecule has 0 saturated carbocycles. The third-order valence-corrected chi connectivity index (χ3v) is 5.29. The summed E-state index contributed by atoms with van der Waals surface area (Å²) in [5, 5.41) is 9.19. The second kappa shape index (κ2) is 8.09. The Morgan fingerprint density at radius 1 is 1.11 bits per heavy atom. The number of carboxylic acid groups (broad SMARTS) is 1. The number of aliphatic carboxylic acids is 1. The highest BCUT2D eigenvalue weighted by Crippen LogP contribution is 2.40. The van der Waals surface area contributed by atoms with Crippen molar-refractivity contribution in [2.45, 2.75) is 37.5 Å². The van der Waals surface area contributed by atoms with Crippen LogP contribution in [-0.4, -0.2) is 28.6 Å². The van der Waals surface area contributed by atoms with Gasteiger partial charge in [0.05, 0.1) is 16.6 Å². The number of halogens is 5. The summed E-state index contributed by atoms with van der Waals surface area (Å²) in [6, 6.07) is 7.32. The van der Waals surface area contributed by atoms with E-state index in [4.69, 9.17) is 11.6 Å². The van der Waals surface area contributed by atoms with Crippen molar-refractivity contribution in [2.24, 2.45) is 0 Å². The largest absolute Gasteiger partial charge is 0.480 e. The van der Waals surface area contributed by atoms with E-state index < -0.39 is 40.6 Å². The van der Waals surface area contributed by atoms with E-state index in [-0.39, 0.29) is 5.56 Å². The number of hydrogen-bond donors (Lipinski definition) is 1. The Morgan fingerprint density at radius 2 is 1.75 bits per heavy atom. The Bertz CT molecular complexity index is 854. The number of benzene rings is 2. The van der Waals surface area contributed by atoms with Crippen LogP contribution in [0.3, 0.4) is 0 Å². The van der Waals surface area contributed by atoms with Crippen molar-refractivity contribution in [2.75, 3.05) is 6.54 Å². The van der Waals surface area contributed by atoms with E-state index >= 15 is 0 Å². The smallest absolute Gasteiger partial charge is 0.417 e. The minimum absolute atomic E-state index is 0.261. The lowest BCUT2D eigenvalue weighted by Gasteiger charge is -2.39. The van der Waals surface area contributed by atoms with Crippen LogP contribution in [-0.2, 0) is 11.0 Å². The van der Waals surface area contributed by atoms with Gasteiger partial charge in [-0.05, 0) is 54.8 Å². The Morgan fingerprint density at radius 3 is 2.36 bits per heavy atom. The topological polar surface area (TPSA) is 40.5 Å². The molecule has 28 heavy (non-hydrogen) atoms. The molecule has 1 N–H and O–H groups in total. The van der Waals surface area contributed by atoms with Gasteiger partial charge in [0.1, 0.15) is 11.9 Å². The first-order valence-corrected chi connectivity index (χ1v) is 9.17. The van der Waals surface area contributed by atoms with E-state index in [0.29, 0.717) is 18.5 Å².